The molecule has 86 valence electrons. The highest BCUT2D eigenvalue weighted by molar-refractivity contribution is 5.43. The summed E-state index contributed by atoms with van der Waals surface area (Å²) in [4.78, 5) is 0. The molecule has 1 atom stereocenters. The van der Waals surface area contributed by atoms with Gasteiger partial charge in [0.15, 0.2) is 0 Å². The molecular weight excluding hydrogens is 200 g/mol. The van der Waals surface area contributed by atoms with E-state index in [4.69, 9.17) is 9.84 Å². The fourth-order valence-corrected chi connectivity index (χ4v) is 1.30. The second-order valence-electron chi connectivity index (χ2n) is 3.78. The predicted molar refractivity (Wildman–Crippen MR) is 65.5 cm³/mol. The molecule has 0 fully saturated rings. The van der Waals surface area contributed by atoms with Gasteiger partial charge in [-0.15, -0.1) is 0 Å². The van der Waals surface area contributed by atoms with Crippen LogP contribution >= 0.6 is 0 Å². The van der Waals surface area contributed by atoms with Crippen molar-refractivity contribution in [1.82, 2.24) is 0 Å². The number of benzene rings is 1. The van der Waals surface area contributed by atoms with Gasteiger partial charge >= 0.3 is 0 Å². The van der Waals surface area contributed by atoms with Gasteiger partial charge in [0.05, 0.1) is 6.10 Å². The summed E-state index contributed by atoms with van der Waals surface area (Å²) in [7, 11) is 0. The number of aliphatic hydroxyl groups excluding tert-OH is 1. The Labute approximate surface area is 97.3 Å². The first kappa shape index (κ1) is 12.6. The maximum atomic E-state index is 8.60. The second kappa shape index (κ2) is 6.19. The van der Waals surface area contributed by atoms with Crippen molar-refractivity contribution >= 4 is 0 Å². The van der Waals surface area contributed by atoms with Gasteiger partial charge in [0, 0.05) is 5.56 Å². The minimum atomic E-state index is -0.107. The van der Waals surface area contributed by atoms with Crippen LogP contribution in [-0.2, 0) is 0 Å². The van der Waals surface area contributed by atoms with Crippen molar-refractivity contribution in [3.05, 3.63) is 29.3 Å². The molecule has 1 rings (SSSR count). The SMILES string of the molecule is CCC(C)Oc1ccc(C#CCO)cc1C. The lowest BCUT2D eigenvalue weighted by Gasteiger charge is -2.14. The van der Waals surface area contributed by atoms with E-state index in [1.54, 1.807) is 0 Å². The van der Waals surface area contributed by atoms with Gasteiger partial charge in [-0.05, 0) is 44.0 Å². The Hall–Kier alpha value is -1.46. The van der Waals surface area contributed by atoms with E-state index in [2.05, 4.69) is 25.7 Å². The first-order chi connectivity index (χ1) is 7.67. The third-order valence-corrected chi connectivity index (χ3v) is 2.39. The van der Waals surface area contributed by atoms with E-state index in [9.17, 15) is 0 Å². The number of rotatable bonds is 3. The van der Waals surface area contributed by atoms with Gasteiger partial charge in [0.1, 0.15) is 12.4 Å². The second-order valence-corrected chi connectivity index (χ2v) is 3.78. The molecule has 0 aliphatic heterocycles. The quantitative estimate of drug-likeness (QED) is 0.790. The zero-order chi connectivity index (χ0) is 12.0. The summed E-state index contributed by atoms with van der Waals surface area (Å²) in [5, 5.41) is 8.60. The van der Waals surface area contributed by atoms with Crippen molar-refractivity contribution in [1.29, 1.82) is 0 Å². The van der Waals surface area contributed by atoms with Crippen LogP contribution in [0.2, 0.25) is 0 Å². The minimum absolute atomic E-state index is 0.107. The lowest BCUT2D eigenvalue weighted by molar-refractivity contribution is 0.216. The van der Waals surface area contributed by atoms with Gasteiger partial charge in [-0.1, -0.05) is 18.8 Å². The topological polar surface area (TPSA) is 29.5 Å². The van der Waals surface area contributed by atoms with E-state index in [1.165, 1.54) is 0 Å². The van der Waals surface area contributed by atoms with E-state index in [1.807, 2.05) is 25.1 Å². The van der Waals surface area contributed by atoms with Crippen LogP contribution in [0, 0.1) is 18.8 Å². The summed E-state index contributed by atoms with van der Waals surface area (Å²) in [5.74, 6) is 6.41. The Morgan fingerprint density at radius 3 is 2.75 bits per heavy atom. The third kappa shape index (κ3) is 3.60. The fraction of sp³-hybridized carbons (Fsp3) is 0.429. The maximum absolute atomic E-state index is 8.60. The van der Waals surface area contributed by atoms with Crippen molar-refractivity contribution in [2.75, 3.05) is 6.61 Å². The number of ether oxygens (including phenoxy) is 1. The summed E-state index contributed by atoms with van der Waals surface area (Å²) in [6, 6.07) is 5.82. The summed E-state index contributed by atoms with van der Waals surface area (Å²) in [6.45, 7) is 6.05. The number of aliphatic hydroxyl groups is 1. The lowest BCUT2D eigenvalue weighted by Crippen LogP contribution is -2.10. The van der Waals surface area contributed by atoms with Crippen molar-refractivity contribution < 1.29 is 9.84 Å². The molecule has 0 saturated carbocycles. The van der Waals surface area contributed by atoms with Crippen LogP contribution < -0.4 is 4.74 Å². The molecule has 0 amide bonds. The van der Waals surface area contributed by atoms with Crippen LogP contribution in [0.25, 0.3) is 0 Å². The Kier molecular flexibility index (Phi) is 4.88. The maximum Gasteiger partial charge on any atom is 0.122 e. The monoisotopic (exact) mass is 218 g/mol. The molecule has 1 N–H and O–H groups in total. The normalized spacial score (nSPS) is 11.5. The smallest absolute Gasteiger partial charge is 0.122 e. The fourth-order valence-electron chi connectivity index (χ4n) is 1.30. The van der Waals surface area contributed by atoms with Crippen LogP contribution in [0.4, 0.5) is 0 Å². The van der Waals surface area contributed by atoms with Gasteiger partial charge in [-0.2, -0.15) is 0 Å². The molecule has 0 saturated heterocycles. The first-order valence-corrected chi connectivity index (χ1v) is 5.54. The largest absolute Gasteiger partial charge is 0.490 e. The predicted octanol–water partition coefficient (Wildman–Crippen LogP) is 2.52. The standard InChI is InChI=1S/C14H18O2/c1-4-12(3)16-14-8-7-13(6-5-9-15)10-11(14)2/h7-8,10,12,15H,4,9H2,1-3H3. The van der Waals surface area contributed by atoms with Gasteiger partial charge in [-0.25, -0.2) is 0 Å². The number of hydrogen-bond acceptors (Lipinski definition) is 2. The third-order valence-electron chi connectivity index (χ3n) is 2.39. The van der Waals surface area contributed by atoms with Gasteiger partial charge in [-0.3, -0.25) is 0 Å². The molecule has 16 heavy (non-hydrogen) atoms. The van der Waals surface area contributed by atoms with E-state index in [0.717, 1.165) is 23.3 Å². The van der Waals surface area contributed by atoms with E-state index >= 15 is 0 Å². The zero-order valence-electron chi connectivity index (χ0n) is 10.1. The molecule has 0 aliphatic rings. The Morgan fingerprint density at radius 1 is 1.44 bits per heavy atom. The highest BCUT2D eigenvalue weighted by Crippen LogP contribution is 2.20. The zero-order valence-corrected chi connectivity index (χ0v) is 10.1. The molecule has 0 heterocycles. The van der Waals surface area contributed by atoms with Crippen molar-refractivity contribution in [2.45, 2.75) is 33.3 Å². The molecule has 0 bridgehead atoms. The Bertz CT molecular complexity index is 399. The number of hydrogen-bond donors (Lipinski definition) is 1. The van der Waals surface area contributed by atoms with E-state index in [-0.39, 0.29) is 12.7 Å². The number of aryl methyl sites for hydroxylation is 1. The molecule has 0 radical (unpaired) electrons. The molecule has 0 aromatic heterocycles. The average Bonchev–Trinajstić information content (AvgIpc) is 2.29. The molecule has 1 aromatic rings. The summed E-state index contributed by atoms with van der Waals surface area (Å²) < 4.78 is 5.76. The Morgan fingerprint density at radius 2 is 2.19 bits per heavy atom. The lowest BCUT2D eigenvalue weighted by atomic mass is 10.1. The van der Waals surface area contributed by atoms with E-state index < -0.39 is 0 Å². The first-order valence-electron chi connectivity index (χ1n) is 5.54. The molecule has 2 nitrogen and oxygen atoms in total. The molecule has 2 heteroatoms. The molecule has 0 aliphatic carbocycles. The van der Waals surface area contributed by atoms with Crippen LogP contribution in [0.3, 0.4) is 0 Å². The molecular formula is C14H18O2. The van der Waals surface area contributed by atoms with Crippen molar-refractivity contribution in [2.24, 2.45) is 0 Å². The van der Waals surface area contributed by atoms with E-state index in [0.29, 0.717) is 0 Å². The summed E-state index contributed by atoms with van der Waals surface area (Å²) >= 11 is 0. The van der Waals surface area contributed by atoms with Crippen LogP contribution in [0.1, 0.15) is 31.4 Å². The summed E-state index contributed by atoms with van der Waals surface area (Å²) in [6.07, 6.45) is 1.22. The molecule has 1 aromatic carbocycles. The van der Waals surface area contributed by atoms with Gasteiger partial charge < -0.3 is 9.84 Å². The van der Waals surface area contributed by atoms with Gasteiger partial charge in [0.2, 0.25) is 0 Å². The minimum Gasteiger partial charge on any atom is -0.490 e. The van der Waals surface area contributed by atoms with Crippen molar-refractivity contribution in [3.8, 4) is 17.6 Å². The van der Waals surface area contributed by atoms with Crippen LogP contribution in [0.15, 0.2) is 18.2 Å². The van der Waals surface area contributed by atoms with Crippen LogP contribution in [-0.4, -0.2) is 17.8 Å². The van der Waals surface area contributed by atoms with Crippen molar-refractivity contribution in [3.63, 3.8) is 0 Å². The molecule has 1 unspecified atom stereocenters. The molecule has 0 spiro atoms. The van der Waals surface area contributed by atoms with Gasteiger partial charge in [0.25, 0.3) is 0 Å². The van der Waals surface area contributed by atoms with Crippen LogP contribution in [0.5, 0.6) is 5.75 Å². The highest BCUT2D eigenvalue weighted by atomic mass is 16.5. The Balaban J connectivity index is 2.83. The highest BCUT2D eigenvalue weighted by Gasteiger charge is 2.04. The summed E-state index contributed by atoms with van der Waals surface area (Å²) in [5.41, 5.74) is 1.98. The average molecular weight is 218 g/mol.